The van der Waals surface area contributed by atoms with Gasteiger partial charge in [-0.2, -0.15) is 0 Å². The lowest BCUT2D eigenvalue weighted by Gasteiger charge is -2.14. The molecular weight excluding hydrogens is 359 g/mol. The Hall–Kier alpha value is -1.63. The third kappa shape index (κ3) is 4.67. The number of thiazole rings is 1. The van der Waals surface area contributed by atoms with E-state index in [2.05, 4.69) is 4.98 Å². The predicted octanol–water partition coefficient (Wildman–Crippen LogP) is 4.05. The van der Waals surface area contributed by atoms with Gasteiger partial charge in [0.05, 0.1) is 5.02 Å². The summed E-state index contributed by atoms with van der Waals surface area (Å²) < 4.78 is 0. The van der Waals surface area contributed by atoms with Crippen molar-refractivity contribution in [1.29, 1.82) is 0 Å². The minimum absolute atomic E-state index is 0.0281. The van der Waals surface area contributed by atoms with Crippen LogP contribution >= 0.6 is 34.5 Å². The lowest BCUT2D eigenvalue weighted by molar-refractivity contribution is -0.137. The van der Waals surface area contributed by atoms with E-state index in [9.17, 15) is 9.59 Å². The maximum absolute atomic E-state index is 12.3. The molecule has 23 heavy (non-hydrogen) atoms. The summed E-state index contributed by atoms with van der Waals surface area (Å²) >= 11 is 13.3. The van der Waals surface area contributed by atoms with Gasteiger partial charge in [-0.15, -0.1) is 11.3 Å². The normalized spacial score (nSPS) is 10.6. The van der Waals surface area contributed by atoms with Crippen LogP contribution in [0.2, 0.25) is 10.0 Å². The van der Waals surface area contributed by atoms with Crippen molar-refractivity contribution in [1.82, 2.24) is 9.88 Å². The summed E-state index contributed by atoms with van der Waals surface area (Å²) in [4.78, 5) is 28.6. The molecule has 1 amide bonds. The Morgan fingerprint density at radius 3 is 2.74 bits per heavy atom. The first kappa shape index (κ1) is 17.7. The molecule has 1 N–H and O–H groups in total. The van der Waals surface area contributed by atoms with Crippen molar-refractivity contribution in [3.63, 3.8) is 0 Å². The fourth-order valence-electron chi connectivity index (χ4n) is 1.92. The molecule has 122 valence electrons. The number of carbonyl (C=O) groups excluding carboxylic acids is 1. The first-order valence-corrected chi connectivity index (χ1v) is 8.40. The van der Waals surface area contributed by atoms with E-state index < -0.39 is 5.97 Å². The molecule has 0 bridgehead atoms. The van der Waals surface area contributed by atoms with Crippen molar-refractivity contribution in [3.8, 4) is 10.6 Å². The van der Waals surface area contributed by atoms with Gasteiger partial charge in [-0.3, -0.25) is 9.59 Å². The van der Waals surface area contributed by atoms with Crippen LogP contribution in [0.5, 0.6) is 0 Å². The molecule has 0 aliphatic heterocycles. The zero-order chi connectivity index (χ0) is 17.0. The first-order chi connectivity index (χ1) is 10.9. The fraction of sp³-hybridized carbons (Fsp3) is 0.267. The highest BCUT2D eigenvalue weighted by atomic mass is 35.5. The molecule has 0 aliphatic rings. The Balaban J connectivity index is 2.09. The maximum atomic E-state index is 12.3. The van der Waals surface area contributed by atoms with Crippen molar-refractivity contribution in [2.75, 3.05) is 13.6 Å². The molecule has 0 saturated carbocycles. The summed E-state index contributed by atoms with van der Waals surface area (Å²) in [5.41, 5.74) is 1.03. The monoisotopic (exact) mass is 372 g/mol. The van der Waals surface area contributed by atoms with Gasteiger partial charge in [-0.1, -0.05) is 23.2 Å². The van der Waals surface area contributed by atoms with Crippen LogP contribution in [0.15, 0.2) is 23.6 Å². The number of aromatic nitrogens is 1. The lowest BCUT2D eigenvalue weighted by Crippen LogP contribution is -2.28. The van der Waals surface area contributed by atoms with Gasteiger partial charge in [-0.05, 0) is 24.6 Å². The van der Waals surface area contributed by atoms with Crippen molar-refractivity contribution >= 4 is 46.4 Å². The molecule has 2 aromatic rings. The molecule has 2 rings (SSSR count). The number of carboxylic acid groups (broad SMARTS) is 1. The number of amides is 1. The quantitative estimate of drug-likeness (QED) is 0.829. The third-order valence-corrected chi connectivity index (χ3v) is 4.54. The van der Waals surface area contributed by atoms with Crippen LogP contribution in [0, 0.1) is 0 Å². The molecule has 0 atom stereocenters. The van der Waals surface area contributed by atoms with Gasteiger partial charge in [0.1, 0.15) is 10.7 Å². The van der Waals surface area contributed by atoms with Crippen LogP contribution in [0.4, 0.5) is 0 Å². The highest BCUT2D eigenvalue weighted by Crippen LogP contribution is 2.32. The van der Waals surface area contributed by atoms with Crippen molar-refractivity contribution in [2.24, 2.45) is 0 Å². The van der Waals surface area contributed by atoms with Crippen LogP contribution in [-0.2, 0) is 4.79 Å². The predicted molar refractivity (Wildman–Crippen MR) is 91.4 cm³/mol. The summed E-state index contributed by atoms with van der Waals surface area (Å²) in [6, 6.07) is 5.09. The molecule has 0 unspecified atom stereocenters. The number of hydrogen-bond acceptors (Lipinski definition) is 4. The Bertz CT molecular complexity index is 733. The summed E-state index contributed by atoms with van der Waals surface area (Å²) in [6.07, 6.45) is 0.428. The van der Waals surface area contributed by atoms with E-state index in [0.717, 1.165) is 0 Å². The number of benzene rings is 1. The Kier molecular flexibility index (Phi) is 5.98. The minimum Gasteiger partial charge on any atom is -0.481 e. The average molecular weight is 373 g/mol. The van der Waals surface area contributed by atoms with E-state index in [-0.39, 0.29) is 12.3 Å². The standard InChI is InChI=1S/C15H14Cl2N2O3S/c1-19(6-2-3-13(20)21)15(22)12-8-23-14(18-12)10-5-4-9(16)7-11(10)17/h4-5,7-8H,2-3,6H2,1H3,(H,20,21). The van der Waals surface area contributed by atoms with Gasteiger partial charge in [0.15, 0.2) is 0 Å². The molecule has 1 heterocycles. The van der Waals surface area contributed by atoms with Crippen molar-refractivity contribution in [3.05, 3.63) is 39.3 Å². The summed E-state index contributed by atoms with van der Waals surface area (Å²) in [6.45, 7) is 0.361. The number of carbonyl (C=O) groups is 2. The molecule has 1 aromatic heterocycles. The summed E-state index contributed by atoms with van der Waals surface area (Å²) in [7, 11) is 1.62. The first-order valence-electron chi connectivity index (χ1n) is 6.76. The van der Waals surface area contributed by atoms with Crippen molar-refractivity contribution in [2.45, 2.75) is 12.8 Å². The van der Waals surface area contributed by atoms with Gasteiger partial charge in [0.2, 0.25) is 0 Å². The van der Waals surface area contributed by atoms with Gasteiger partial charge in [-0.25, -0.2) is 4.98 Å². The minimum atomic E-state index is -0.876. The average Bonchev–Trinajstić information content (AvgIpc) is 2.95. The Morgan fingerprint density at radius 1 is 1.35 bits per heavy atom. The molecular formula is C15H14Cl2N2O3S. The second kappa shape index (κ2) is 7.77. The summed E-state index contributed by atoms with van der Waals surface area (Å²) in [5.74, 6) is -1.12. The highest BCUT2D eigenvalue weighted by molar-refractivity contribution is 7.13. The van der Waals surface area contributed by atoms with E-state index in [1.54, 1.807) is 30.6 Å². The van der Waals surface area contributed by atoms with Gasteiger partial charge >= 0.3 is 5.97 Å². The molecule has 0 radical (unpaired) electrons. The SMILES string of the molecule is CN(CCCC(=O)O)C(=O)c1csc(-c2ccc(Cl)cc2Cl)n1. The van der Waals surface area contributed by atoms with E-state index in [0.29, 0.717) is 39.3 Å². The van der Waals surface area contributed by atoms with E-state index in [1.807, 2.05) is 0 Å². The van der Waals surface area contributed by atoms with Crippen molar-refractivity contribution < 1.29 is 14.7 Å². The second-order valence-corrected chi connectivity index (χ2v) is 6.59. The van der Waals surface area contributed by atoms with Gasteiger partial charge in [0, 0.05) is 36.0 Å². The largest absolute Gasteiger partial charge is 0.481 e. The third-order valence-electron chi connectivity index (χ3n) is 3.12. The molecule has 0 fully saturated rings. The number of aliphatic carboxylic acids is 1. The van der Waals surface area contributed by atoms with Crippen LogP contribution in [0.25, 0.3) is 10.6 Å². The zero-order valence-electron chi connectivity index (χ0n) is 12.3. The second-order valence-electron chi connectivity index (χ2n) is 4.89. The molecule has 0 spiro atoms. The van der Waals surface area contributed by atoms with Gasteiger partial charge < -0.3 is 10.0 Å². The number of rotatable bonds is 6. The Morgan fingerprint density at radius 2 is 2.09 bits per heavy atom. The highest BCUT2D eigenvalue weighted by Gasteiger charge is 2.17. The fourth-order valence-corrected chi connectivity index (χ4v) is 3.31. The molecule has 0 saturated heterocycles. The van der Waals surface area contributed by atoms with Crippen LogP contribution < -0.4 is 0 Å². The topological polar surface area (TPSA) is 70.5 Å². The number of halogens is 2. The molecule has 5 nitrogen and oxygen atoms in total. The smallest absolute Gasteiger partial charge is 0.303 e. The van der Waals surface area contributed by atoms with E-state index in [4.69, 9.17) is 28.3 Å². The molecule has 1 aromatic carbocycles. The van der Waals surface area contributed by atoms with Crippen LogP contribution in [-0.4, -0.2) is 40.5 Å². The van der Waals surface area contributed by atoms with Crippen LogP contribution in [0.3, 0.4) is 0 Å². The zero-order valence-corrected chi connectivity index (χ0v) is 14.6. The molecule has 0 aliphatic carbocycles. The van der Waals surface area contributed by atoms with E-state index in [1.165, 1.54) is 16.2 Å². The maximum Gasteiger partial charge on any atom is 0.303 e. The van der Waals surface area contributed by atoms with E-state index >= 15 is 0 Å². The van der Waals surface area contributed by atoms with Crippen LogP contribution in [0.1, 0.15) is 23.3 Å². The molecule has 8 heteroatoms. The Labute approximate surface area is 147 Å². The number of nitrogens with zero attached hydrogens (tertiary/aromatic N) is 2. The number of hydrogen-bond donors (Lipinski definition) is 1. The van der Waals surface area contributed by atoms with Gasteiger partial charge in [0.25, 0.3) is 5.91 Å². The lowest BCUT2D eigenvalue weighted by atomic mass is 10.2. The number of carboxylic acids is 1. The summed E-state index contributed by atoms with van der Waals surface area (Å²) in [5, 5.41) is 11.9.